The summed E-state index contributed by atoms with van der Waals surface area (Å²) in [5.74, 6) is -0.489. The number of likely N-dealkylation sites (tertiary alicyclic amines) is 1. The number of halogens is 2. The monoisotopic (exact) mass is 419 g/mol. The smallest absolute Gasteiger partial charge is 0.253 e. The maximum Gasteiger partial charge on any atom is 0.253 e. The van der Waals surface area contributed by atoms with E-state index in [1.54, 1.807) is 12.1 Å². The quantitative estimate of drug-likeness (QED) is 0.791. The average molecular weight is 420 g/mol. The number of hydrogen-bond donors (Lipinski definition) is 1. The van der Waals surface area contributed by atoms with E-state index in [0.29, 0.717) is 17.1 Å². The molecule has 1 fully saturated rings. The van der Waals surface area contributed by atoms with E-state index in [4.69, 9.17) is 23.2 Å². The first-order valence-corrected chi connectivity index (χ1v) is 9.92. The summed E-state index contributed by atoms with van der Waals surface area (Å²) < 4.78 is 0. The van der Waals surface area contributed by atoms with Crippen LogP contribution in [0.25, 0.3) is 0 Å². The van der Waals surface area contributed by atoms with Gasteiger partial charge in [0.2, 0.25) is 5.91 Å². The summed E-state index contributed by atoms with van der Waals surface area (Å²) in [4.78, 5) is 29.0. The van der Waals surface area contributed by atoms with Crippen LogP contribution in [-0.4, -0.2) is 43.9 Å². The number of amides is 2. The van der Waals surface area contributed by atoms with Gasteiger partial charge in [0.25, 0.3) is 5.91 Å². The van der Waals surface area contributed by atoms with Crippen LogP contribution in [0.5, 0.6) is 0 Å². The summed E-state index contributed by atoms with van der Waals surface area (Å²) in [5.41, 5.74) is 2.52. The highest BCUT2D eigenvalue weighted by atomic mass is 35.5. The van der Waals surface area contributed by atoms with Gasteiger partial charge in [-0.15, -0.1) is 0 Å². The Morgan fingerprint density at radius 1 is 1.18 bits per heavy atom. The summed E-state index contributed by atoms with van der Waals surface area (Å²) >= 11 is 11.9. The maximum atomic E-state index is 12.8. The minimum absolute atomic E-state index is 0.0309. The third kappa shape index (κ3) is 4.59. The maximum absolute atomic E-state index is 12.8. The number of benzene rings is 2. The molecular formula is C21H23Cl2N3O2. The van der Waals surface area contributed by atoms with Gasteiger partial charge in [0, 0.05) is 31.4 Å². The molecule has 1 atom stereocenters. The molecule has 0 aromatic heterocycles. The number of rotatable bonds is 5. The fourth-order valence-electron chi connectivity index (χ4n) is 3.45. The summed E-state index contributed by atoms with van der Waals surface area (Å²) in [5, 5.41) is 3.39. The number of carbonyl (C=O) groups excluding carboxylic acids is 2. The van der Waals surface area contributed by atoms with Crippen LogP contribution in [0.1, 0.15) is 34.8 Å². The van der Waals surface area contributed by atoms with Gasteiger partial charge in [-0.2, -0.15) is 0 Å². The lowest BCUT2D eigenvalue weighted by Gasteiger charge is -2.26. The number of nitrogens with zero attached hydrogens (tertiary/aromatic N) is 2. The van der Waals surface area contributed by atoms with Crippen molar-refractivity contribution in [3.05, 3.63) is 63.6 Å². The second kappa shape index (κ2) is 8.84. The van der Waals surface area contributed by atoms with Crippen molar-refractivity contribution in [1.82, 2.24) is 10.2 Å². The van der Waals surface area contributed by atoms with Gasteiger partial charge in [-0.3, -0.25) is 9.59 Å². The average Bonchev–Trinajstić information content (AvgIpc) is 3.16. The Morgan fingerprint density at radius 3 is 2.68 bits per heavy atom. The molecule has 0 bridgehead atoms. The van der Waals surface area contributed by atoms with Crippen molar-refractivity contribution in [1.29, 1.82) is 0 Å². The first-order valence-electron chi connectivity index (χ1n) is 9.17. The molecule has 0 saturated carbocycles. The first kappa shape index (κ1) is 20.5. The van der Waals surface area contributed by atoms with Gasteiger partial charge in [-0.25, -0.2) is 0 Å². The molecule has 148 valence electrons. The minimum atomic E-state index is -0.389. The van der Waals surface area contributed by atoms with E-state index in [2.05, 4.69) is 17.4 Å². The van der Waals surface area contributed by atoms with Gasteiger partial charge in [-0.05, 0) is 48.7 Å². The summed E-state index contributed by atoms with van der Waals surface area (Å²) in [6, 6.07) is 12.9. The molecule has 2 aromatic carbocycles. The zero-order valence-electron chi connectivity index (χ0n) is 15.9. The van der Waals surface area contributed by atoms with E-state index in [0.717, 1.165) is 24.1 Å². The highest BCUT2D eigenvalue weighted by Gasteiger charge is 2.30. The van der Waals surface area contributed by atoms with Crippen LogP contribution in [0.4, 0.5) is 5.69 Å². The molecule has 0 aliphatic carbocycles. The van der Waals surface area contributed by atoms with Crippen molar-refractivity contribution in [2.24, 2.45) is 0 Å². The number of hydrogen-bond acceptors (Lipinski definition) is 3. The second-order valence-electron chi connectivity index (χ2n) is 7.04. The molecular weight excluding hydrogens is 397 g/mol. The normalized spacial score (nSPS) is 16.1. The second-order valence-corrected chi connectivity index (χ2v) is 7.89. The van der Waals surface area contributed by atoms with Crippen LogP contribution < -0.4 is 10.2 Å². The molecule has 1 aliphatic rings. The molecule has 1 heterocycles. The number of carbonyl (C=O) groups is 2. The van der Waals surface area contributed by atoms with E-state index < -0.39 is 0 Å². The molecule has 5 nitrogen and oxygen atoms in total. The summed E-state index contributed by atoms with van der Waals surface area (Å²) in [6.45, 7) is 0.620. The fraction of sp³-hybridized carbons (Fsp3) is 0.333. The first-order chi connectivity index (χ1) is 13.4. The van der Waals surface area contributed by atoms with Crippen molar-refractivity contribution < 1.29 is 9.59 Å². The van der Waals surface area contributed by atoms with Gasteiger partial charge in [0.1, 0.15) is 0 Å². The Hall–Kier alpha value is -2.24. The predicted octanol–water partition coefficient (Wildman–Crippen LogP) is 4.15. The Morgan fingerprint density at radius 2 is 1.96 bits per heavy atom. The SMILES string of the molecule is CN(C)c1cccc(C2CCCN2C(=O)CNC(=O)c2ccc(Cl)cc2Cl)c1. The van der Waals surface area contributed by atoms with E-state index in [9.17, 15) is 9.59 Å². The molecule has 2 aromatic rings. The topological polar surface area (TPSA) is 52.6 Å². The molecule has 1 unspecified atom stereocenters. The van der Waals surface area contributed by atoms with Crippen molar-refractivity contribution in [2.45, 2.75) is 18.9 Å². The Labute approximate surface area is 175 Å². The van der Waals surface area contributed by atoms with Crippen LogP contribution in [0.3, 0.4) is 0 Å². The van der Waals surface area contributed by atoms with Crippen LogP contribution in [0.2, 0.25) is 10.0 Å². The Bertz CT molecular complexity index is 886. The molecule has 1 saturated heterocycles. The Balaban J connectivity index is 1.66. The molecule has 2 amide bonds. The highest BCUT2D eigenvalue weighted by Crippen LogP contribution is 2.33. The largest absolute Gasteiger partial charge is 0.378 e. The molecule has 0 radical (unpaired) electrons. The van der Waals surface area contributed by atoms with Crippen molar-refractivity contribution in [2.75, 3.05) is 32.1 Å². The van der Waals surface area contributed by atoms with Gasteiger partial charge >= 0.3 is 0 Å². The predicted molar refractivity (Wildman–Crippen MR) is 113 cm³/mol. The molecule has 3 rings (SSSR count). The third-order valence-corrected chi connectivity index (χ3v) is 5.47. The standard InChI is InChI=1S/C21H23Cl2N3O2/c1-25(2)16-6-3-5-14(11-16)19-7-4-10-26(19)20(27)13-24-21(28)17-9-8-15(22)12-18(17)23/h3,5-6,8-9,11-12,19H,4,7,10,13H2,1-2H3,(H,24,28). The highest BCUT2D eigenvalue weighted by molar-refractivity contribution is 6.36. The minimum Gasteiger partial charge on any atom is -0.378 e. The van der Waals surface area contributed by atoms with E-state index >= 15 is 0 Å². The third-order valence-electron chi connectivity index (χ3n) is 4.92. The van der Waals surface area contributed by atoms with E-state index in [1.807, 2.05) is 36.0 Å². The summed E-state index contributed by atoms with van der Waals surface area (Å²) in [7, 11) is 3.99. The number of anilines is 1. The van der Waals surface area contributed by atoms with E-state index in [-0.39, 0.29) is 29.4 Å². The fourth-order valence-corrected chi connectivity index (χ4v) is 3.94. The van der Waals surface area contributed by atoms with Crippen LogP contribution in [0, 0.1) is 0 Å². The van der Waals surface area contributed by atoms with Gasteiger partial charge in [-0.1, -0.05) is 35.3 Å². The van der Waals surface area contributed by atoms with Crippen molar-refractivity contribution in [3.8, 4) is 0 Å². The van der Waals surface area contributed by atoms with E-state index in [1.165, 1.54) is 6.07 Å². The zero-order chi connectivity index (χ0) is 20.3. The van der Waals surface area contributed by atoms with Gasteiger partial charge < -0.3 is 15.1 Å². The molecule has 0 spiro atoms. The van der Waals surface area contributed by atoms with Crippen LogP contribution in [-0.2, 0) is 4.79 Å². The zero-order valence-corrected chi connectivity index (χ0v) is 17.4. The summed E-state index contributed by atoms with van der Waals surface area (Å²) in [6.07, 6.45) is 1.86. The van der Waals surface area contributed by atoms with Gasteiger partial charge in [0.15, 0.2) is 0 Å². The lowest BCUT2D eigenvalue weighted by Crippen LogP contribution is -2.40. The van der Waals surface area contributed by atoms with Crippen LogP contribution in [0.15, 0.2) is 42.5 Å². The molecule has 28 heavy (non-hydrogen) atoms. The van der Waals surface area contributed by atoms with Gasteiger partial charge in [0.05, 0.1) is 23.2 Å². The van der Waals surface area contributed by atoms with Crippen molar-refractivity contribution >= 4 is 40.7 Å². The lowest BCUT2D eigenvalue weighted by atomic mass is 10.0. The lowest BCUT2D eigenvalue weighted by molar-refractivity contribution is -0.131. The Kier molecular flexibility index (Phi) is 6.47. The van der Waals surface area contributed by atoms with Crippen LogP contribution >= 0.6 is 23.2 Å². The molecule has 7 heteroatoms. The van der Waals surface area contributed by atoms with Crippen molar-refractivity contribution in [3.63, 3.8) is 0 Å². The molecule has 1 N–H and O–H groups in total. The number of nitrogens with one attached hydrogen (secondary N) is 1. The molecule has 1 aliphatic heterocycles.